The number of rotatable bonds is 19. The first kappa shape index (κ1) is 27.9. The number of carbonyl (C=O) groups excluding carboxylic acids is 2. The van der Waals surface area contributed by atoms with Crippen LogP contribution in [-0.2, 0) is 20.7 Å². The molecule has 0 unspecified atom stereocenters. The van der Waals surface area contributed by atoms with E-state index in [0.717, 1.165) is 24.1 Å². The number of allylic oxidation sites excluding steroid dienone is 2. The van der Waals surface area contributed by atoms with Crippen molar-refractivity contribution in [3.05, 3.63) is 42.0 Å². The van der Waals surface area contributed by atoms with Crippen molar-refractivity contribution in [1.82, 2.24) is 0 Å². The Balaban J connectivity index is 1.98. The molecule has 4 heteroatoms. The van der Waals surface area contributed by atoms with Gasteiger partial charge in [0.15, 0.2) is 0 Å². The summed E-state index contributed by atoms with van der Waals surface area (Å²) in [6, 6.07) is 7.39. The third kappa shape index (κ3) is 15.7. The molecule has 0 saturated carbocycles. The molecule has 0 aliphatic carbocycles. The zero-order chi connectivity index (χ0) is 23.3. The number of carbonyl (C=O) groups is 2. The molecule has 0 atom stereocenters. The lowest BCUT2D eigenvalue weighted by molar-refractivity contribution is -0.142. The molecule has 1 rings (SSSR count). The number of amides is 1. The van der Waals surface area contributed by atoms with Gasteiger partial charge in [0.1, 0.15) is 0 Å². The minimum atomic E-state index is -0.228. The van der Waals surface area contributed by atoms with E-state index in [9.17, 15) is 9.59 Å². The Morgan fingerprint density at radius 3 is 1.94 bits per heavy atom. The Kier molecular flexibility index (Phi) is 17.1. The topological polar surface area (TPSA) is 55.4 Å². The molecule has 0 bridgehead atoms. The monoisotopic (exact) mass is 443 g/mol. The highest BCUT2D eigenvalue weighted by Crippen LogP contribution is 2.13. The second-order valence-corrected chi connectivity index (χ2v) is 8.56. The quantitative estimate of drug-likeness (QED) is 0.135. The number of ether oxygens (including phenoxy) is 1. The van der Waals surface area contributed by atoms with E-state index in [-0.39, 0.29) is 18.3 Å². The van der Waals surface area contributed by atoms with Crippen LogP contribution in [0.1, 0.15) is 109 Å². The Hall–Kier alpha value is -2.10. The second kappa shape index (κ2) is 19.6. The van der Waals surface area contributed by atoms with Crippen LogP contribution in [0.4, 0.5) is 5.69 Å². The van der Waals surface area contributed by atoms with E-state index in [1.165, 1.54) is 70.6 Å². The zero-order valence-corrected chi connectivity index (χ0v) is 20.5. The van der Waals surface area contributed by atoms with Crippen molar-refractivity contribution >= 4 is 17.6 Å². The van der Waals surface area contributed by atoms with Gasteiger partial charge < -0.3 is 10.1 Å². The molecule has 180 valence electrons. The van der Waals surface area contributed by atoms with Crippen molar-refractivity contribution in [2.45, 2.75) is 110 Å². The number of anilines is 1. The van der Waals surface area contributed by atoms with E-state index in [2.05, 4.69) is 24.4 Å². The van der Waals surface area contributed by atoms with Gasteiger partial charge >= 0.3 is 5.97 Å². The maximum Gasteiger partial charge on any atom is 0.310 e. The van der Waals surface area contributed by atoms with Gasteiger partial charge in [-0.15, -0.1) is 0 Å². The van der Waals surface area contributed by atoms with Crippen LogP contribution in [0.3, 0.4) is 0 Å². The normalized spacial score (nSPS) is 11.1. The van der Waals surface area contributed by atoms with E-state index >= 15 is 0 Å². The molecule has 1 N–H and O–H groups in total. The lowest BCUT2D eigenvalue weighted by atomic mass is 10.1. The fraction of sp³-hybridized carbons (Fsp3) is 0.643. The third-order valence-electron chi connectivity index (χ3n) is 5.56. The van der Waals surface area contributed by atoms with Gasteiger partial charge in [0.05, 0.1) is 13.0 Å². The number of benzene rings is 1. The van der Waals surface area contributed by atoms with Gasteiger partial charge in [0, 0.05) is 12.1 Å². The molecule has 0 radical (unpaired) electrons. The maximum atomic E-state index is 12.1. The lowest BCUT2D eigenvalue weighted by Gasteiger charge is -2.07. The first-order chi connectivity index (χ1) is 15.7. The summed E-state index contributed by atoms with van der Waals surface area (Å²) in [5.74, 6) is -0.172. The average molecular weight is 444 g/mol. The second-order valence-electron chi connectivity index (χ2n) is 8.56. The van der Waals surface area contributed by atoms with Gasteiger partial charge in [-0.2, -0.15) is 0 Å². The Bertz CT molecular complexity index is 637. The van der Waals surface area contributed by atoms with Gasteiger partial charge in [-0.1, -0.05) is 82.6 Å². The molecular formula is C28H45NO3. The minimum absolute atomic E-state index is 0.0563. The summed E-state index contributed by atoms with van der Waals surface area (Å²) in [7, 11) is 0. The molecule has 0 heterocycles. The van der Waals surface area contributed by atoms with E-state index in [4.69, 9.17) is 4.74 Å². The van der Waals surface area contributed by atoms with Gasteiger partial charge in [-0.25, -0.2) is 0 Å². The molecule has 0 fully saturated rings. The summed E-state index contributed by atoms with van der Waals surface area (Å²) >= 11 is 0. The predicted octanol–water partition coefficient (Wildman–Crippen LogP) is 7.77. The first-order valence-electron chi connectivity index (χ1n) is 12.8. The van der Waals surface area contributed by atoms with E-state index in [1.807, 2.05) is 24.3 Å². The fourth-order valence-corrected chi connectivity index (χ4v) is 3.66. The van der Waals surface area contributed by atoms with Crippen LogP contribution in [0.2, 0.25) is 0 Å². The SMILES string of the molecule is CCCCCCCC/C=C\CCCCCCCC(=O)Nc1ccc(CC(=O)OCC)cc1. The van der Waals surface area contributed by atoms with Crippen LogP contribution in [0, 0.1) is 0 Å². The van der Waals surface area contributed by atoms with Crippen molar-refractivity contribution in [2.24, 2.45) is 0 Å². The number of unbranched alkanes of at least 4 members (excludes halogenated alkanes) is 11. The number of esters is 1. The first-order valence-corrected chi connectivity index (χ1v) is 12.8. The predicted molar refractivity (Wildman–Crippen MR) is 135 cm³/mol. The molecular weight excluding hydrogens is 398 g/mol. The molecule has 0 spiro atoms. The largest absolute Gasteiger partial charge is 0.466 e. The van der Waals surface area contributed by atoms with E-state index in [0.29, 0.717) is 13.0 Å². The summed E-state index contributed by atoms with van der Waals surface area (Å²) < 4.78 is 4.95. The highest BCUT2D eigenvalue weighted by molar-refractivity contribution is 5.90. The van der Waals surface area contributed by atoms with Crippen LogP contribution < -0.4 is 5.32 Å². The van der Waals surface area contributed by atoms with Crippen LogP contribution in [-0.4, -0.2) is 18.5 Å². The molecule has 32 heavy (non-hydrogen) atoms. The van der Waals surface area contributed by atoms with Crippen LogP contribution in [0.25, 0.3) is 0 Å². The molecule has 1 aromatic carbocycles. The molecule has 0 aromatic heterocycles. The van der Waals surface area contributed by atoms with E-state index in [1.54, 1.807) is 6.92 Å². The molecule has 0 aliphatic rings. The van der Waals surface area contributed by atoms with Gasteiger partial charge in [0.2, 0.25) is 5.91 Å². The van der Waals surface area contributed by atoms with Crippen LogP contribution in [0.15, 0.2) is 36.4 Å². The maximum absolute atomic E-state index is 12.1. The Labute approximate surface area is 196 Å². The van der Waals surface area contributed by atoms with Crippen LogP contribution >= 0.6 is 0 Å². The summed E-state index contributed by atoms with van der Waals surface area (Å²) in [6.07, 6.45) is 21.9. The Morgan fingerprint density at radius 2 is 1.34 bits per heavy atom. The van der Waals surface area contributed by atoms with Gasteiger partial charge in [-0.05, 0) is 56.7 Å². The number of nitrogens with one attached hydrogen (secondary N) is 1. The van der Waals surface area contributed by atoms with E-state index < -0.39 is 0 Å². The summed E-state index contributed by atoms with van der Waals surface area (Å²) in [5, 5.41) is 2.93. The molecule has 1 aromatic rings. The fourth-order valence-electron chi connectivity index (χ4n) is 3.66. The van der Waals surface area contributed by atoms with Crippen molar-refractivity contribution < 1.29 is 14.3 Å². The summed E-state index contributed by atoms with van der Waals surface area (Å²) in [5.41, 5.74) is 1.66. The molecule has 0 aliphatic heterocycles. The summed E-state index contributed by atoms with van der Waals surface area (Å²) in [6.45, 7) is 4.45. The molecule has 1 amide bonds. The number of hydrogen-bond donors (Lipinski definition) is 1. The highest BCUT2D eigenvalue weighted by atomic mass is 16.5. The van der Waals surface area contributed by atoms with Crippen LogP contribution in [0.5, 0.6) is 0 Å². The van der Waals surface area contributed by atoms with Crippen molar-refractivity contribution in [3.63, 3.8) is 0 Å². The standard InChI is InChI=1S/C28H45NO3/c1-3-5-6-7-8-9-10-11-12-13-14-15-16-17-18-19-27(30)29-26-22-20-25(21-23-26)24-28(31)32-4-2/h11-12,20-23H,3-10,13-19,24H2,1-2H3,(H,29,30)/b12-11-. The Morgan fingerprint density at radius 1 is 0.781 bits per heavy atom. The zero-order valence-electron chi connectivity index (χ0n) is 20.5. The van der Waals surface area contributed by atoms with Crippen molar-refractivity contribution in [3.8, 4) is 0 Å². The lowest BCUT2D eigenvalue weighted by Crippen LogP contribution is -2.11. The third-order valence-corrected chi connectivity index (χ3v) is 5.56. The average Bonchev–Trinajstić information content (AvgIpc) is 2.78. The van der Waals surface area contributed by atoms with Crippen molar-refractivity contribution in [2.75, 3.05) is 11.9 Å². The van der Waals surface area contributed by atoms with Gasteiger partial charge in [0.25, 0.3) is 0 Å². The number of hydrogen-bond acceptors (Lipinski definition) is 3. The summed E-state index contributed by atoms with van der Waals surface area (Å²) in [4.78, 5) is 23.6. The minimum Gasteiger partial charge on any atom is -0.466 e. The van der Waals surface area contributed by atoms with Crippen molar-refractivity contribution in [1.29, 1.82) is 0 Å². The molecule has 0 saturated heterocycles. The smallest absolute Gasteiger partial charge is 0.310 e. The highest BCUT2D eigenvalue weighted by Gasteiger charge is 2.05. The molecule has 4 nitrogen and oxygen atoms in total. The van der Waals surface area contributed by atoms with Gasteiger partial charge in [-0.3, -0.25) is 9.59 Å².